The Bertz CT molecular complexity index is 1330. The molecule has 0 saturated heterocycles. The highest BCUT2D eigenvalue weighted by molar-refractivity contribution is 7.89. The van der Waals surface area contributed by atoms with Gasteiger partial charge in [0.15, 0.2) is 11.3 Å². The summed E-state index contributed by atoms with van der Waals surface area (Å²) < 4.78 is 40.3. The monoisotopic (exact) mass is 503 g/mol. The van der Waals surface area contributed by atoms with Gasteiger partial charge in [-0.15, -0.1) is 18.3 Å². The van der Waals surface area contributed by atoms with Gasteiger partial charge in [0.05, 0.1) is 22.8 Å². The third-order valence-corrected chi connectivity index (χ3v) is 7.16. The number of ether oxygens (including phenoxy) is 2. The van der Waals surface area contributed by atoms with Crippen molar-refractivity contribution in [3.05, 3.63) is 53.2 Å². The maximum atomic E-state index is 13.0. The van der Waals surface area contributed by atoms with Crippen molar-refractivity contribution in [2.45, 2.75) is 57.3 Å². The first-order valence-corrected chi connectivity index (χ1v) is 13.2. The molecule has 190 valence electrons. The Kier molecular flexibility index (Phi) is 8.82. The molecule has 10 nitrogen and oxygen atoms in total. The van der Waals surface area contributed by atoms with Gasteiger partial charge in [0, 0.05) is 12.5 Å². The highest BCUT2D eigenvalue weighted by Gasteiger charge is 2.26. The van der Waals surface area contributed by atoms with Crippen LogP contribution in [-0.4, -0.2) is 47.9 Å². The molecule has 0 spiro atoms. The van der Waals surface area contributed by atoms with Gasteiger partial charge in [-0.1, -0.05) is 12.8 Å². The molecule has 0 radical (unpaired) electrons. The molecule has 1 aliphatic rings. The molecule has 0 amide bonds. The Morgan fingerprint density at radius 1 is 1.20 bits per heavy atom. The summed E-state index contributed by atoms with van der Waals surface area (Å²) in [6.07, 6.45) is 4.26. The van der Waals surface area contributed by atoms with Gasteiger partial charge in [-0.3, -0.25) is 4.79 Å². The van der Waals surface area contributed by atoms with Crippen molar-refractivity contribution in [3.8, 4) is 17.1 Å². The van der Waals surface area contributed by atoms with Crippen LogP contribution >= 0.6 is 0 Å². The van der Waals surface area contributed by atoms with E-state index in [1.54, 1.807) is 24.4 Å². The SMILES string of the molecule is C=C.CCOCNS(=O)(=O)c1ccc(OCC)c(-c2nn3c(C4CCCC4)nc(C)c3c(=O)[nH]2)c1. The second-order valence-electron chi connectivity index (χ2n) is 7.98. The quantitative estimate of drug-likeness (QED) is 0.260. The number of aryl methyl sites for hydroxylation is 1. The number of nitrogens with one attached hydrogen (secondary N) is 2. The minimum absolute atomic E-state index is 0.0150. The van der Waals surface area contributed by atoms with Gasteiger partial charge in [0.25, 0.3) is 5.56 Å². The summed E-state index contributed by atoms with van der Waals surface area (Å²) in [6.45, 7) is 12.0. The van der Waals surface area contributed by atoms with E-state index in [1.807, 2.05) is 6.92 Å². The van der Waals surface area contributed by atoms with Gasteiger partial charge in [-0.2, -0.15) is 4.72 Å². The molecule has 35 heavy (non-hydrogen) atoms. The molecule has 0 atom stereocenters. The first-order chi connectivity index (χ1) is 16.9. The fourth-order valence-corrected chi connectivity index (χ4v) is 5.14. The maximum Gasteiger partial charge on any atom is 0.277 e. The smallest absolute Gasteiger partial charge is 0.277 e. The van der Waals surface area contributed by atoms with Crippen molar-refractivity contribution in [2.24, 2.45) is 0 Å². The molecular formula is C24H33N5O5S. The molecule has 3 aromatic rings. The highest BCUT2D eigenvalue weighted by Crippen LogP contribution is 2.34. The third-order valence-electron chi connectivity index (χ3n) is 5.79. The zero-order chi connectivity index (χ0) is 25.6. The number of hydrogen-bond donors (Lipinski definition) is 2. The van der Waals surface area contributed by atoms with Gasteiger partial charge in [0.2, 0.25) is 10.0 Å². The number of fused-ring (bicyclic) bond motifs is 1. The van der Waals surface area contributed by atoms with Crippen LogP contribution in [0.5, 0.6) is 5.75 Å². The molecule has 2 N–H and O–H groups in total. The van der Waals surface area contributed by atoms with Crippen molar-refractivity contribution in [1.29, 1.82) is 0 Å². The van der Waals surface area contributed by atoms with E-state index < -0.39 is 10.0 Å². The lowest BCUT2D eigenvalue weighted by Gasteiger charge is -2.13. The molecule has 1 fully saturated rings. The summed E-state index contributed by atoms with van der Waals surface area (Å²) in [4.78, 5) is 20.5. The lowest BCUT2D eigenvalue weighted by molar-refractivity contribution is 0.144. The van der Waals surface area contributed by atoms with Crippen LogP contribution in [0.25, 0.3) is 16.9 Å². The molecule has 0 bridgehead atoms. The molecule has 0 unspecified atom stereocenters. The fourth-order valence-electron chi connectivity index (χ4n) is 4.21. The summed E-state index contributed by atoms with van der Waals surface area (Å²) in [6, 6.07) is 4.46. The van der Waals surface area contributed by atoms with E-state index in [0.29, 0.717) is 35.7 Å². The van der Waals surface area contributed by atoms with E-state index in [1.165, 1.54) is 12.1 Å². The number of sulfonamides is 1. The van der Waals surface area contributed by atoms with E-state index in [4.69, 9.17) is 14.6 Å². The standard InChI is InChI=1S/C22H29N5O5S.C2H4/c1-4-31-13-23-33(29,30)16-10-11-18(32-5-2)17(12-16)20-25-22(28)19-14(3)24-21(27(19)26-20)15-8-6-7-9-15;1-2/h10-12,15,23H,4-9,13H2,1-3H3,(H,25,26,28);1-2H2. The maximum absolute atomic E-state index is 13.0. The Morgan fingerprint density at radius 2 is 1.91 bits per heavy atom. The zero-order valence-electron chi connectivity index (χ0n) is 20.5. The van der Waals surface area contributed by atoms with Crippen LogP contribution in [0.1, 0.15) is 57.0 Å². The molecule has 11 heteroatoms. The van der Waals surface area contributed by atoms with E-state index in [9.17, 15) is 13.2 Å². The lowest BCUT2D eigenvalue weighted by atomic mass is 10.1. The number of H-pyrrole nitrogens is 1. The lowest BCUT2D eigenvalue weighted by Crippen LogP contribution is -2.26. The number of nitrogens with zero attached hydrogens (tertiary/aromatic N) is 3. The predicted octanol–water partition coefficient (Wildman–Crippen LogP) is 3.52. The normalized spacial score (nSPS) is 14.1. The molecule has 2 aromatic heterocycles. The molecular weight excluding hydrogens is 470 g/mol. The predicted molar refractivity (Wildman–Crippen MR) is 134 cm³/mol. The van der Waals surface area contributed by atoms with Crippen LogP contribution in [0, 0.1) is 6.92 Å². The van der Waals surface area contributed by atoms with Gasteiger partial charge in [-0.25, -0.2) is 17.9 Å². The summed E-state index contributed by atoms with van der Waals surface area (Å²) in [5.41, 5.74) is 1.07. The first kappa shape index (κ1) is 26.6. The fraction of sp³-hybridized carbons (Fsp3) is 0.458. The van der Waals surface area contributed by atoms with Crippen molar-refractivity contribution in [2.75, 3.05) is 19.9 Å². The van der Waals surface area contributed by atoms with Crippen LogP contribution in [0.3, 0.4) is 0 Å². The average Bonchev–Trinajstić information content (AvgIpc) is 3.49. The van der Waals surface area contributed by atoms with Crippen molar-refractivity contribution < 1.29 is 17.9 Å². The van der Waals surface area contributed by atoms with Crippen LogP contribution in [0.15, 0.2) is 41.0 Å². The number of aromatic nitrogens is 4. The number of benzene rings is 1. The topological polar surface area (TPSA) is 128 Å². The Balaban J connectivity index is 0.00000167. The van der Waals surface area contributed by atoms with Crippen molar-refractivity contribution in [3.63, 3.8) is 0 Å². The van der Waals surface area contributed by atoms with Gasteiger partial charge >= 0.3 is 0 Å². The highest BCUT2D eigenvalue weighted by atomic mass is 32.2. The second-order valence-corrected chi connectivity index (χ2v) is 9.74. The third kappa shape index (κ3) is 5.63. The Hall–Kier alpha value is -3.02. The van der Waals surface area contributed by atoms with Gasteiger partial charge in [0.1, 0.15) is 18.3 Å². The molecule has 4 rings (SSSR count). The molecule has 1 saturated carbocycles. The number of rotatable bonds is 9. The summed E-state index contributed by atoms with van der Waals surface area (Å²) in [5.74, 6) is 1.65. The van der Waals surface area contributed by atoms with Crippen LogP contribution in [-0.2, 0) is 14.8 Å². The van der Waals surface area contributed by atoms with Crippen LogP contribution < -0.4 is 15.0 Å². The van der Waals surface area contributed by atoms with Crippen LogP contribution in [0.4, 0.5) is 0 Å². The summed E-state index contributed by atoms with van der Waals surface area (Å²) in [7, 11) is -3.83. The number of aromatic amines is 1. The molecule has 0 aliphatic heterocycles. The number of imidazole rings is 1. The molecule has 2 heterocycles. The Labute approximate surface area is 205 Å². The second kappa shape index (κ2) is 11.6. The van der Waals surface area contributed by atoms with Crippen LogP contribution in [0.2, 0.25) is 0 Å². The molecule has 1 aromatic carbocycles. The number of hydrogen-bond acceptors (Lipinski definition) is 7. The van der Waals surface area contributed by atoms with E-state index in [-0.39, 0.29) is 28.9 Å². The van der Waals surface area contributed by atoms with Crippen molar-refractivity contribution >= 4 is 15.5 Å². The summed E-state index contributed by atoms with van der Waals surface area (Å²) >= 11 is 0. The first-order valence-electron chi connectivity index (χ1n) is 11.7. The van der Waals surface area contributed by atoms with E-state index >= 15 is 0 Å². The van der Waals surface area contributed by atoms with Crippen molar-refractivity contribution in [1.82, 2.24) is 24.3 Å². The largest absolute Gasteiger partial charge is 0.493 e. The van der Waals surface area contributed by atoms with E-state index in [0.717, 1.165) is 31.5 Å². The molecule has 1 aliphatic carbocycles. The van der Waals surface area contributed by atoms with E-state index in [2.05, 4.69) is 27.8 Å². The average molecular weight is 504 g/mol. The van der Waals surface area contributed by atoms with Gasteiger partial charge in [-0.05, 0) is 51.8 Å². The van der Waals surface area contributed by atoms with Gasteiger partial charge < -0.3 is 14.5 Å². The minimum Gasteiger partial charge on any atom is -0.493 e. The Morgan fingerprint density at radius 3 is 2.57 bits per heavy atom. The zero-order valence-corrected chi connectivity index (χ0v) is 21.3. The minimum atomic E-state index is -3.83. The summed E-state index contributed by atoms with van der Waals surface area (Å²) in [5, 5.41) is 4.69.